The fourth-order valence-electron chi connectivity index (χ4n) is 2.48. The Morgan fingerprint density at radius 1 is 1.28 bits per heavy atom. The van der Waals surface area contributed by atoms with Crippen LogP contribution in [0.2, 0.25) is 0 Å². The predicted octanol–water partition coefficient (Wildman–Crippen LogP) is 2.75. The number of carbonyl (C=O) groups excluding carboxylic acids is 1. The number of hydrogen-bond acceptors (Lipinski definition) is 5. The van der Waals surface area contributed by atoms with Crippen molar-refractivity contribution in [2.45, 2.75) is 38.3 Å². The molecule has 1 aromatic heterocycles. The second-order valence-electron chi connectivity index (χ2n) is 5.79. The molecule has 1 aliphatic carbocycles. The average molecular weight is 351 g/mol. The zero-order valence-electron chi connectivity index (χ0n) is 13.2. The van der Waals surface area contributed by atoms with Gasteiger partial charge in [0, 0.05) is 17.2 Å². The first kappa shape index (κ1) is 17.0. The molecule has 1 unspecified atom stereocenters. The van der Waals surface area contributed by atoms with E-state index in [1.54, 1.807) is 0 Å². The van der Waals surface area contributed by atoms with Crippen molar-refractivity contribution >= 4 is 11.9 Å². The molecule has 1 heterocycles. The monoisotopic (exact) mass is 351 g/mol. The van der Waals surface area contributed by atoms with Gasteiger partial charge in [-0.2, -0.15) is 13.8 Å². The van der Waals surface area contributed by atoms with E-state index in [0.717, 1.165) is 12.8 Å². The molecule has 0 spiro atoms. The SMILES string of the molecule is CC(C(=O)O)N(C(=O)c1ccc(-c2noc(C(F)F)n2)cc1)C1CC1. The van der Waals surface area contributed by atoms with Crippen LogP contribution in [-0.2, 0) is 4.79 Å². The standard InChI is InChI=1S/C16H15F2N3O4/c1-8(16(23)24)21(11-6-7-11)15(22)10-4-2-9(3-5-10)13-19-14(12(17)18)25-20-13/h2-5,8,11-12H,6-7H2,1H3,(H,23,24). The molecule has 1 amide bonds. The highest BCUT2D eigenvalue weighted by atomic mass is 19.3. The molecule has 1 aromatic carbocycles. The largest absolute Gasteiger partial charge is 0.480 e. The van der Waals surface area contributed by atoms with E-state index in [1.807, 2.05) is 0 Å². The summed E-state index contributed by atoms with van der Waals surface area (Å²) in [7, 11) is 0. The third-order valence-corrected chi connectivity index (χ3v) is 3.97. The molecule has 2 aromatic rings. The molecule has 7 nitrogen and oxygen atoms in total. The van der Waals surface area contributed by atoms with Crippen LogP contribution in [0, 0.1) is 0 Å². The molecule has 132 valence electrons. The highest BCUT2D eigenvalue weighted by Crippen LogP contribution is 2.30. The van der Waals surface area contributed by atoms with Gasteiger partial charge in [-0.05, 0) is 31.9 Å². The molecular formula is C16H15F2N3O4. The first-order chi connectivity index (χ1) is 11.9. The van der Waals surface area contributed by atoms with Gasteiger partial charge in [-0.1, -0.05) is 17.3 Å². The maximum atomic E-state index is 12.6. The van der Waals surface area contributed by atoms with Gasteiger partial charge in [-0.3, -0.25) is 4.79 Å². The summed E-state index contributed by atoms with van der Waals surface area (Å²) in [6.07, 6.45) is -1.30. The quantitative estimate of drug-likeness (QED) is 0.860. The summed E-state index contributed by atoms with van der Waals surface area (Å²) < 4.78 is 29.4. The molecule has 25 heavy (non-hydrogen) atoms. The van der Waals surface area contributed by atoms with Gasteiger partial charge < -0.3 is 14.5 Å². The van der Waals surface area contributed by atoms with E-state index in [1.165, 1.54) is 36.1 Å². The van der Waals surface area contributed by atoms with Gasteiger partial charge in [0.25, 0.3) is 11.8 Å². The number of aromatic nitrogens is 2. The van der Waals surface area contributed by atoms with Crippen molar-refractivity contribution in [3.05, 3.63) is 35.7 Å². The highest BCUT2D eigenvalue weighted by Gasteiger charge is 2.38. The van der Waals surface area contributed by atoms with Crippen molar-refractivity contribution in [2.24, 2.45) is 0 Å². The van der Waals surface area contributed by atoms with Crippen molar-refractivity contribution in [3.63, 3.8) is 0 Å². The van der Waals surface area contributed by atoms with Crippen molar-refractivity contribution in [1.82, 2.24) is 15.0 Å². The highest BCUT2D eigenvalue weighted by molar-refractivity contribution is 5.97. The van der Waals surface area contributed by atoms with Gasteiger partial charge in [-0.25, -0.2) is 4.79 Å². The van der Waals surface area contributed by atoms with Gasteiger partial charge in [-0.15, -0.1) is 0 Å². The van der Waals surface area contributed by atoms with Crippen LogP contribution in [0.3, 0.4) is 0 Å². The number of alkyl halides is 2. The van der Waals surface area contributed by atoms with E-state index in [-0.39, 0.29) is 17.8 Å². The maximum absolute atomic E-state index is 12.6. The lowest BCUT2D eigenvalue weighted by molar-refractivity contribution is -0.141. The minimum Gasteiger partial charge on any atom is -0.480 e. The topological polar surface area (TPSA) is 96.5 Å². The molecule has 1 N–H and O–H groups in total. The van der Waals surface area contributed by atoms with E-state index in [2.05, 4.69) is 14.7 Å². The number of rotatable bonds is 6. The number of hydrogen-bond donors (Lipinski definition) is 1. The van der Waals surface area contributed by atoms with E-state index in [9.17, 15) is 23.5 Å². The first-order valence-electron chi connectivity index (χ1n) is 7.66. The Kier molecular flexibility index (Phi) is 4.47. The maximum Gasteiger partial charge on any atom is 0.326 e. The first-order valence-corrected chi connectivity index (χ1v) is 7.66. The number of aliphatic carboxylic acids is 1. The third-order valence-electron chi connectivity index (χ3n) is 3.97. The molecule has 0 bridgehead atoms. The Labute approximate surface area is 141 Å². The lowest BCUT2D eigenvalue weighted by Gasteiger charge is -2.26. The van der Waals surface area contributed by atoms with Crippen LogP contribution >= 0.6 is 0 Å². The summed E-state index contributed by atoms with van der Waals surface area (Å²) in [4.78, 5) is 28.8. The van der Waals surface area contributed by atoms with E-state index in [0.29, 0.717) is 11.1 Å². The summed E-state index contributed by atoms with van der Waals surface area (Å²) in [5, 5.41) is 12.7. The molecule has 9 heteroatoms. The summed E-state index contributed by atoms with van der Waals surface area (Å²) in [5.41, 5.74) is 0.720. The van der Waals surface area contributed by atoms with Crippen LogP contribution in [0.25, 0.3) is 11.4 Å². The average Bonchev–Trinajstić information content (AvgIpc) is 3.29. The van der Waals surface area contributed by atoms with E-state index in [4.69, 9.17) is 0 Å². The zero-order valence-corrected chi connectivity index (χ0v) is 13.2. The normalized spacial score (nSPS) is 15.2. The molecule has 1 aliphatic rings. The minimum absolute atomic E-state index is 0.00717. The van der Waals surface area contributed by atoms with E-state index >= 15 is 0 Å². The van der Waals surface area contributed by atoms with E-state index < -0.39 is 24.3 Å². The predicted molar refractivity (Wildman–Crippen MR) is 81.0 cm³/mol. The third kappa shape index (κ3) is 3.49. The Hall–Kier alpha value is -2.84. The minimum atomic E-state index is -2.85. The number of halogens is 2. The Bertz CT molecular complexity index is 787. The lowest BCUT2D eigenvalue weighted by Crippen LogP contribution is -2.44. The van der Waals surface area contributed by atoms with Crippen LogP contribution in [0.1, 0.15) is 42.4 Å². The van der Waals surface area contributed by atoms with Gasteiger partial charge in [0.2, 0.25) is 5.82 Å². The number of nitrogens with zero attached hydrogens (tertiary/aromatic N) is 3. The van der Waals surface area contributed by atoms with Crippen LogP contribution in [0.4, 0.5) is 8.78 Å². The smallest absolute Gasteiger partial charge is 0.326 e. The van der Waals surface area contributed by atoms with Gasteiger partial charge in [0.15, 0.2) is 0 Å². The summed E-state index contributed by atoms with van der Waals surface area (Å²) >= 11 is 0. The second-order valence-corrected chi connectivity index (χ2v) is 5.79. The van der Waals surface area contributed by atoms with Gasteiger partial charge >= 0.3 is 12.4 Å². The molecule has 0 radical (unpaired) electrons. The Balaban J connectivity index is 1.81. The molecule has 1 atom stereocenters. The zero-order chi connectivity index (χ0) is 18.1. The second kappa shape index (κ2) is 6.58. The van der Waals surface area contributed by atoms with Crippen molar-refractivity contribution < 1.29 is 28.0 Å². The molecule has 1 fully saturated rings. The number of carbonyl (C=O) groups is 2. The van der Waals surface area contributed by atoms with Crippen LogP contribution in [0.5, 0.6) is 0 Å². The Morgan fingerprint density at radius 3 is 2.40 bits per heavy atom. The summed E-state index contributed by atoms with van der Waals surface area (Å²) in [6, 6.07) is 4.99. The van der Waals surface area contributed by atoms with Gasteiger partial charge in [0.05, 0.1) is 0 Å². The van der Waals surface area contributed by atoms with Crippen LogP contribution in [-0.4, -0.2) is 44.1 Å². The van der Waals surface area contributed by atoms with Crippen molar-refractivity contribution in [2.75, 3.05) is 0 Å². The van der Waals surface area contributed by atoms with Crippen LogP contribution < -0.4 is 0 Å². The van der Waals surface area contributed by atoms with Crippen molar-refractivity contribution in [3.8, 4) is 11.4 Å². The fraction of sp³-hybridized carbons (Fsp3) is 0.375. The van der Waals surface area contributed by atoms with Gasteiger partial charge in [0.1, 0.15) is 6.04 Å². The van der Waals surface area contributed by atoms with Crippen LogP contribution in [0.15, 0.2) is 28.8 Å². The molecule has 3 rings (SSSR count). The van der Waals surface area contributed by atoms with Crippen molar-refractivity contribution in [1.29, 1.82) is 0 Å². The number of carboxylic acids is 1. The molecule has 1 saturated carbocycles. The molecular weight excluding hydrogens is 336 g/mol. The summed E-state index contributed by atoms with van der Waals surface area (Å²) in [5.74, 6) is -2.23. The number of carboxylic acid groups (broad SMARTS) is 1. The molecule has 0 saturated heterocycles. The lowest BCUT2D eigenvalue weighted by atomic mass is 10.1. The fourth-order valence-corrected chi connectivity index (χ4v) is 2.48. The Morgan fingerprint density at radius 2 is 1.92 bits per heavy atom. The number of amides is 1. The molecule has 0 aliphatic heterocycles. The number of benzene rings is 1. The summed E-state index contributed by atoms with van der Waals surface area (Å²) in [6.45, 7) is 1.47.